The van der Waals surface area contributed by atoms with E-state index in [9.17, 15) is 4.79 Å². The smallest absolute Gasteiger partial charge is 0.159 e. The van der Waals surface area contributed by atoms with Gasteiger partial charge < -0.3 is 4.74 Å². The number of Topliss-reactive ketones (excluding diaryl/α,β-unsaturated/α-hetero) is 1. The number of hydrogen-bond donors (Lipinski definition) is 0. The van der Waals surface area contributed by atoms with Crippen LogP contribution in [0.2, 0.25) is 0 Å². The molecule has 1 aromatic carbocycles. The van der Waals surface area contributed by atoms with Crippen molar-refractivity contribution in [1.29, 1.82) is 0 Å². The highest BCUT2D eigenvalue weighted by molar-refractivity contribution is 5.94. The molecule has 0 unspecified atom stereocenters. The molecule has 0 aromatic heterocycles. The lowest BCUT2D eigenvalue weighted by molar-refractivity contribution is 0.101. The van der Waals surface area contributed by atoms with Gasteiger partial charge in [-0.3, -0.25) is 4.79 Å². The molecule has 0 saturated carbocycles. The summed E-state index contributed by atoms with van der Waals surface area (Å²) in [5, 5.41) is 0. The van der Waals surface area contributed by atoms with Crippen LogP contribution in [0.15, 0.2) is 36.4 Å². The summed E-state index contributed by atoms with van der Waals surface area (Å²) >= 11 is 0. The van der Waals surface area contributed by atoms with E-state index in [0.717, 1.165) is 24.3 Å². The van der Waals surface area contributed by atoms with Crippen LogP contribution in [0.1, 0.15) is 56.3 Å². The summed E-state index contributed by atoms with van der Waals surface area (Å²) in [5.41, 5.74) is 0.733. The summed E-state index contributed by atoms with van der Waals surface area (Å²) in [7, 11) is 0. The van der Waals surface area contributed by atoms with Crippen molar-refractivity contribution >= 4 is 5.78 Å². The van der Waals surface area contributed by atoms with Crippen molar-refractivity contribution in [3.8, 4) is 5.75 Å². The third-order valence-electron chi connectivity index (χ3n) is 3.03. The highest BCUT2D eigenvalue weighted by atomic mass is 16.5. The van der Waals surface area contributed by atoms with Crippen molar-refractivity contribution in [3.63, 3.8) is 0 Å². The number of ketones is 1. The maximum Gasteiger partial charge on any atom is 0.159 e. The summed E-state index contributed by atoms with van der Waals surface area (Å²) in [6.07, 6.45) is 10.3. The summed E-state index contributed by atoms with van der Waals surface area (Å²) in [6, 6.07) is 7.36. The van der Waals surface area contributed by atoms with Gasteiger partial charge in [0, 0.05) is 5.56 Å². The van der Waals surface area contributed by atoms with Crippen molar-refractivity contribution < 1.29 is 9.53 Å². The summed E-state index contributed by atoms with van der Waals surface area (Å²) in [5.74, 6) is 0.937. The lowest BCUT2D eigenvalue weighted by Crippen LogP contribution is -1.98. The van der Waals surface area contributed by atoms with Gasteiger partial charge in [-0.25, -0.2) is 0 Å². The fourth-order valence-electron chi connectivity index (χ4n) is 1.86. The van der Waals surface area contributed by atoms with Gasteiger partial charge in [0.25, 0.3) is 0 Å². The average molecular weight is 260 g/mol. The second-order valence-electron chi connectivity index (χ2n) is 4.70. The first-order valence-electron chi connectivity index (χ1n) is 7.09. The Balaban J connectivity index is 2.10. The largest absolute Gasteiger partial charge is 0.494 e. The van der Waals surface area contributed by atoms with Gasteiger partial charge in [-0.15, -0.1) is 0 Å². The molecule has 19 heavy (non-hydrogen) atoms. The number of allylic oxidation sites excluding steroid dienone is 2. The topological polar surface area (TPSA) is 26.3 Å². The number of benzene rings is 1. The van der Waals surface area contributed by atoms with Crippen molar-refractivity contribution in [2.45, 2.75) is 46.0 Å². The highest BCUT2D eigenvalue weighted by Crippen LogP contribution is 2.13. The Morgan fingerprint density at radius 3 is 2.42 bits per heavy atom. The molecule has 0 aliphatic rings. The number of carbonyl (C=O) groups excluding carboxylic acids is 1. The van der Waals surface area contributed by atoms with Crippen LogP contribution < -0.4 is 4.74 Å². The molecule has 1 rings (SSSR count). The van der Waals surface area contributed by atoms with E-state index in [1.54, 1.807) is 6.92 Å². The van der Waals surface area contributed by atoms with E-state index in [0.29, 0.717) is 0 Å². The summed E-state index contributed by atoms with van der Waals surface area (Å²) < 4.78 is 5.64. The molecule has 0 radical (unpaired) electrons. The van der Waals surface area contributed by atoms with Crippen LogP contribution in [0.4, 0.5) is 0 Å². The molecule has 0 bridgehead atoms. The van der Waals surface area contributed by atoms with Crippen LogP contribution in [-0.2, 0) is 0 Å². The lowest BCUT2D eigenvalue weighted by atomic mass is 10.1. The minimum atomic E-state index is 0.0904. The maximum absolute atomic E-state index is 11.1. The van der Waals surface area contributed by atoms with E-state index in [2.05, 4.69) is 19.1 Å². The lowest BCUT2D eigenvalue weighted by Gasteiger charge is -2.06. The van der Waals surface area contributed by atoms with Crippen LogP contribution in [0, 0.1) is 0 Å². The van der Waals surface area contributed by atoms with Crippen LogP contribution in [0.5, 0.6) is 5.75 Å². The molecule has 0 heterocycles. The monoisotopic (exact) mass is 260 g/mol. The van der Waals surface area contributed by atoms with Crippen LogP contribution in [0.3, 0.4) is 0 Å². The predicted molar refractivity (Wildman–Crippen MR) is 79.8 cm³/mol. The minimum absolute atomic E-state index is 0.0904. The zero-order valence-electron chi connectivity index (χ0n) is 12.0. The van der Waals surface area contributed by atoms with E-state index in [1.807, 2.05) is 24.3 Å². The fourth-order valence-corrected chi connectivity index (χ4v) is 1.86. The highest BCUT2D eigenvalue weighted by Gasteiger charge is 1.99. The first-order valence-corrected chi connectivity index (χ1v) is 7.09. The van der Waals surface area contributed by atoms with E-state index >= 15 is 0 Å². The van der Waals surface area contributed by atoms with E-state index in [1.165, 1.54) is 25.7 Å². The molecule has 0 atom stereocenters. The van der Waals surface area contributed by atoms with E-state index < -0.39 is 0 Å². The average Bonchev–Trinajstić information content (AvgIpc) is 2.42. The Kier molecular flexibility index (Phi) is 7.64. The standard InChI is InChI=1S/C17H24O2/c1-3-4-5-6-7-8-9-14-19-17-12-10-16(11-13-17)15(2)18/h3-4,10-13H,5-9,14H2,1-2H3/b4-3-. The van der Waals surface area contributed by atoms with Gasteiger partial charge in [-0.1, -0.05) is 25.0 Å². The number of hydrogen-bond acceptors (Lipinski definition) is 2. The van der Waals surface area contributed by atoms with Crippen molar-refractivity contribution in [3.05, 3.63) is 42.0 Å². The molecule has 1 aromatic rings. The van der Waals surface area contributed by atoms with Crippen molar-refractivity contribution in [1.82, 2.24) is 0 Å². The van der Waals surface area contributed by atoms with Crippen LogP contribution >= 0.6 is 0 Å². The predicted octanol–water partition coefficient (Wildman–Crippen LogP) is 4.79. The Labute approximate surface area is 116 Å². The third kappa shape index (κ3) is 6.80. The first-order chi connectivity index (χ1) is 9.24. The molecular weight excluding hydrogens is 236 g/mol. The molecule has 104 valence electrons. The molecule has 0 N–H and O–H groups in total. The molecule has 0 saturated heterocycles. The Morgan fingerprint density at radius 1 is 1.11 bits per heavy atom. The minimum Gasteiger partial charge on any atom is -0.494 e. The van der Waals surface area contributed by atoms with Gasteiger partial charge in [-0.2, -0.15) is 0 Å². The second kappa shape index (κ2) is 9.37. The van der Waals surface area contributed by atoms with Gasteiger partial charge in [0.2, 0.25) is 0 Å². The molecule has 0 aliphatic heterocycles. The number of unbranched alkanes of at least 4 members (excludes halogenated alkanes) is 4. The normalized spacial score (nSPS) is 10.8. The first kappa shape index (κ1) is 15.5. The van der Waals surface area contributed by atoms with Crippen LogP contribution in [-0.4, -0.2) is 12.4 Å². The van der Waals surface area contributed by atoms with Gasteiger partial charge in [0.15, 0.2) is 5.78 Å². The summed E-state index contributed by atoms with van der Waals surface area (Å²) in [6.45, 7) is 4.39. The molecule has 0 amide bonds. The second-order valence-corrected chi connectivity index (χ2v) is 4.70. The van der Waals surface area contributed by atoms with Gasteiger partial charge in [0.05, 0.1) is 6.61 Å². The van der Waals surface area contributed by atoms with Crippen LogP contribution in [0.25, 0.3) is 0 Å². The third-order valence-corrected chi connectivity index (χ3v) is 3.03. The molecule has 2 heteroatoms. The van der Waals surface area contributed by atoms with E-state index in [4.69, 9.17) is 4.74 Å². The van der Waals surface area contributed by atoms with Crippen molar-refractivity contribution in [2.75, 3.05) is 6.61 Å². The molecule has 0 fully saturated rings. The van der Waals surface area contributed by atoms with Gasteiger partial charge in [-0.05, 0) is 57.4 Å². The number of rotatable bonds is 9. The van der Waals surface area contributed by atoms with Crippen molar-refractivity contribution in [2.24, 2.45) is 0 Å². The molecule has 0 aliphatic carbocycles. The Morgan fingerprint density at radius 2 is 1.79 bits per heavy atom. The Hall–Kier alpha value is -1.57. The fraction of sp³-hybridized carbons (Fsp3) is 0.471. The number of carbonyl (C=O) groups is 1. The molecule has 2 nitrogen and oxygen atoms in total. The summed E-state index contributed by atoms with van der Waals surface area (Å²) in [4.78, 5) is 11.1. The zero-order chi connectivity index (χ0) is 13.9. The SMILES string of the molecule is C/C=C\CCCCCCOc1ccc(C(C)=O)cc1. The quantitative estimate of drug-likeness (QED) is 0.362. The number of ether oxygens (including phenoxy) is 1. The molecule has 0 spiro atoms. The van der Waals surface area contributed by atoms with E-state index in [-0.39, 0.29) is 5.78 Å². The maximum atomic E-state index is 11.1. The van der Waals surface area contributed by atoms with Gasteiger partial charge in [0.1, 0.15) is 5.75 Å². The van der Waals surface area contributed by atoms with Gasteiger partial charge >= 0.3 is 0 Å². The zero-order valence-corrected chi connectivity index (χ0v) is 12.0. The molecular formula is C17H24O2. The Bertz CT molecular complexity index is 390.